The average Bonchev–Trinajstić information content (AvgIpc) is 3.51. The molecule has 238 valence electrons. The number of nitrogens with zero attached hydrogens (tertiary/aromatic N) is 4. The molecule has 3 aromatic carbocycles. The van der Waals surface area contributed by atoms with E-state index < -0.39 is 15.5 Å². The predicted molar refractivity (Wildman–Crippen MR) is 176 cm³/mol. The summed E-state index contributed by atoms with van der Waals surface area (Å²) in [6.07, 6.45) is 6.38. The number of benzene rings is 3. The van der Waals surface area contributed by atoms with E-state index in [4.69, 9.17) is 21.6 Å². The summed E-state index contributed by atoms with van der Waals surface area (Å²) < 4.78 is 50.3. The molecule has 1 spiro atoms. The molecule has 0 saturated carbocycles. The molecule has 2 atom stereocenters. The number of aryl methyl sites for hydroxylation is 2. The van der Waals surface area contributed by atoms with Crippen molar-refractivity contribution in [1.29, 1.82) is 5.26 Å². The van der Waals surface area contributed by atoms with Crippen molar-refractivity contribution < 1.29 is 36.9 Å². The molecule has 14 heteroatoms. The molecule has 0 radical (unpaired) electrons. The number of allylic oxidation sites excluding steroid dienone is 2. The second kappa shape index (κ2) is 13.2. The fourth-order valence-corrected chi connectivity index (χ4v) is 8.10. The Balaban J connectivity index is 1.42. The lowest BCUT2D eigenvalue weighted by Gasteiger charge is -2.45. The monoisotopic (exact) mass is 682 g/mol. The number of imidazole rings is 1. The van der Waals surface area contributed by atoms with Crippen LogP contribution >= 0.6 is 23.6 Å². The van der Waals surface area contributed by atoms with E-state index in [1.54, 1.807) is 24.3 Å². The van der Waals surface area contributed by atoms with Crippen molar-refractivity contribution in [3.8, 4) is 22.9 Å². The van der Waals surface area contributed by atoms with E-state index in [2.05, 4.69) is 24.6 Å². The Morgan fingerprint density at radius 3 is 2.70 bits per heavy atom. The van der Waals surface area contributed by atoms with Crippen LogP contribution in [0.5, 0.6) is 5.75 Å². The van der Waals surface area contributed by atoms with E-state index in [0.717, 1.165) is 40.0 Å². The van der Waals surface area contributed by atoms with E-state index in [-0.39, 0.29) is 10.9 Å². The van der Waals surface area contributed by atoms with Crippen LogP contribution in [0.15, 0.2) is 78.7 Å². The summed E-state index contributed by atoms with van der Waals surface area (Å²) in [6, 6.07) is 21.2. The third-order valence-corrected chi connectivity index (χ3v) is 10.7. The molecule has 1 fully saturated rings. The fourth-order valence-electron chi connectivity index (χ4n) is 6.37. The Labute approximate surface area is 275 Å². The first-order valence-electron chi connectivity index (χ1n) is 14.6. The minimum absolute atomic E-state index is 0.138. The lowest BCUT2D eigenvalue weighted by atomic mass is 10.0. The molecular weight excluding hydrogens is 652 g/mol. The van der Waals surface area contributed by atoms with Gasteiger partial charge < -0.3 is 4.74 Å². The van der Waals surface area contributed by atoms with Crippen molar-refractivity contribution in [2.75, 3.05) is 12.3 Å². The number of halogens is 1. The second-order valence-electron chi connectivity index (χ2n) is 10.9. The highest BCUT2D eigenvalue weighted by atomic mass is 35.5. The molecule has 0 aliphatic carbocycles. The SMILES string of the molecule is CCn1c(/C=C/C=C2\Oc3ccc(-c4ccccc4)cc3[N+]23CCC3S(=O)(=O)O)[n+](CCCSOOO)c2cc(C#N)c(Cl)cc21. The highest BCUT2D eigenvalue weighted by Crippen LogP contribution is 2.54. The van der Waals surface area contributed by atoms with Crippen LogP contribution in [-0.2, 0) is 32.6 Å². The number of hydrogen-bond donors (Lipinski definition) is 2. The number of aromatic nitrogens is 2. The van der Waals surface area contributed by atoms with Crippen LogP contribution in [0.1, 0.15) is 31.2 Å². The third kappa shape index (κ3) is 5.72. The van der Waals surface area contributed by atoms with Gasteiger partial charge >= 0.3 is 16.0 Å². The van der Waals surface area contributed by atoms with Gasteiger partial charge in [-0.05, 0) is 36.6 Å². The molecule has 2 aliphatic heterocycles. The van der Waals surface area contributed by atoms with Gasteiger partial charge in [0.25, 0.3) is 5.82 Å². The van der Waals surface area contributed by atoms with E-state index in [1.165, 1.54) is 0 Å². The Kier molecular flexibility index (Phi) is 9.24. The lowest BCUT2D eigenvalue weighted by Crippen LogP contribution is -2.67. The van der Waals surface area contributed by atoms with Crippen LogP contribution in [0, 0.1) is 11.3 Å². The summed E-state index contributed by atoms with van der Waals surface area (Å²) in [5.41, 5.74) is 4.59. The molecule has 46 heavy (non-hydrogen) atoms. The Bertz CT molecular complexity index is 2010. The quantitative estimate of drug-likeness (QED) is 0.0347. The number of quaternary nitrogens is 1. The zero-order valence-corrected chi connectivity index (χ0v) is 27.1. The van der Waals surface area contributed by atoms with Crippen molar-refractivity contribution in [3.05, 3.63) is 95.1 Å². The number of ether oxygens (including phenoxy) is 1. The molecule has 3 heterocycles. The van der Waals surface area contributed by atoms with E-state index >= 15 is 0 Å². The van der Waals surface area contributed by atoms with E-state index in [0.29, 0.717) is 59.7 Å². The average molecular weight is 683 g/mol. The van der Waals surface area contributed by atoms with Crippen LogP contribution in [-0.4, -0.2) is 40.5 Å². The maximum atomic E-state index is 12.6. The van der Waals surface area contributed by atoms with Crippen molar-refractivity contribution in [2.45, 2.75) is 38.2 Å². The molecule has 2 N–H and O–H groups in total. The van der Waals surface area contributed by atoms with Gasteiger partial charge in [0.05, 0.1) is 36.6 Å². The maximum Gasteiger partial charge on any atom is 0.320 e. The van der Waals surface area contributed by atoms with Gasteiger partial charge in [0.1, 0.15) is 6.07 Å². The Morgan fingerprint density at radius 2 is 2.02 bits per heavy atom. The predicted octanol–water partition coefficient (Wildman–Crippen LogP) is 6.47. The summed E-state index contributed by atoms with van der Waals surface area (Å²) in [7, 11) is -4.41. The fraction of sp³-hybridized carbons (Fsp3) is 0.250. The van der Waals surface area contributed by atoms with Crippen molar-refractivity contribution in [3.63, 3.8) is 0 Å². The number of hydrogen-bond acceptors (Lipinski definition) is 8. The molecule has 2 aliphatic rings. The van der Waals surface area contributed by atoms with Crippen molar-refractivity contribution in [2.24, 2.45) is 0 Å². The molecule has 2 unspecified atom stereocenters. The minimum atomic E-state index is -4.41. The van der Waals surface area contributed by atoms with Gasteiger partial charge in [0.2, 0.25) is 5.37 Å². The summed E-state index contributed by atoms with van der Waals surface area (Å²) in [5, 5.41) is 21.0. The van der Waals surface area contributed by atoms with Crippen molar-refractivity contribution in [1.82, 2.24) is 9.05 Å². The van der Waals surface area contributed by atoms with E-state index in [9.17, 15) is 18.2 Å². The molecule has 0 bridgehead atoms. The summed E-state index contributed by atoms with van der Waals surface area (Å²) in [5.74, 6) is 2.26. The molecule has 4 aromatic rings. The van der Waals surface area contributed by atoms with Gasteiger partial charge in [-0.15, -0.1) is 4.33 Å². The van der Waals surface area contributed by atoms with Crippen molar-refractivity contribution >= 4 is 56.6 Å². The Hall–Kier alpha value is -3.71. The normalized spacial score (nSPS) is 19.9. The lowest BCUT2D eigenvalue weighted by molar-refractivity contribution is -0.673. The van der Waals surface area contributed by atoms with Gasteiger partial charge in [0, 0.05) is 48.1 Å². The van der Waals surface area contributed by atoms with Crippen LogP contribution in [0.25, 0.3) is 28.2 Å². The second-order valence-corrected chi connectivity index (χ2v) is 13.6. The standard InChI is InChI=1S/C32H29ClN4O7S2/c1-2-35-27-20-25(33)24(21-34)18-26(27)36(15-7-17-45-44-43-38)30(35)10-6-11-31-37(16-14-32(37)46(39,40)41)28-19-23(12-13-29(28)42-31)22-8-4-3-5-9-22/h3-6,8-13,18-20,32H,2,7,14-17H2,1H3/p+2/b10-6+,31-11-. The number of rotatable bonds is 11. The van der Waals surface area contributed by atoms with Crippen LogP contribution in [0.4, 0.5) is 5.69 Å². The summed E-state index contributed by atoms with van der Waals surface area (Å²) in [4.78, 5) is 0. The maximum absolute atomic E-state index is 12.6. The molecular formula is C32H31ClN4O7S2+2. The largest absolute Gasteiger partial charge is 0.406 e. The van der Waals surface area contributed by atoms with Gasteiger partial charge in [0.15, 0.2) is 22.5 Å². The minimum Gasteiger partial charge on any atom is -0.406 e. The highest BCUT2D eigenvalue weighted by Gasteiger charge is 2.63. The molecule has 1 saturated heterocycles. The van der Waals surface area contributed by atoms with Gasteiger partial charge in [-0.2, -0.15) is 13.7 Å². The Morgan fingerprint density at radius 1 is 1.22 bits per heavy atom. The first-order valence-corrected chi connectivity index (χ1v) is 17.4. The van der Waals surface area contributed by atoms with Gasteiger partial charge in [-0.25, -0.2) is 18.9 Å². The van der Waals surface area contributed by atoms with Gasteiger partial charge in [-0.1, -0.05) is 53.0 Å². The molecule has 6 rings (SSSR count). The zero-order chi connectivity index (χ0) is 32.5. The van der Waals surface area contributed by atoms with Crippen LogP contribution < -0.4 is 13.8 Å². The topological polar surface area (TPSA) is 135 Å². The van der Waals surface area contributed by atoms with Crippen LogP contribution in [0.3, 0.4) is 0 Å². The van der Waals surface area contributed by atoms with Gasteiger partial charge in [-0.3, -0.25) is 4.55 Å². The number of nitriles is 1. The first-order chi connectivity index (χ1) is 22.2. The van der Waals surface area contributed by atoms with Crippen LogP contribution in [0.2, 0.25) is 5.02 Å². The summed E-state index contributed by atoms with van der Waals surface area (Å²) >= 11 is 7.39. The number of fused-ring (bicyclic) bond motifs is 3. The third-order valence-electron chi connectivity index (χ3n) is 8.48. The van der Waals surface area contributed by atoms with E-state index in [1.807, 2.05) is 61.5 Å². The smallest absolute Gasteiger partial charge is 0.320 e. The molecule has 11 nitrogen and oxygen atoms in total. The zero-order valence-electron chi connectivity index (χ0n) is 24.7. The molecule has 1 aromatic heterocycles. The highest BCUT2D eigenvalue weighted by molar-refractivity contribution is 7.94. The summed E-state index contributed by atoms with van der Waals surface area (Å²) in [6.45, 7) is 3.60. The molecule has 0 amide bonds. The first kappa shape index (κ1) is 32.2.